The van der Waals surface area contributed by atoms with Crippen molar-refractivity contribution in [2.45, 2.75) is 40.2 Å². The van der Waals surface area contributed by atoms with Crippen molar-refractivity contribution in [3.05, 3.63) is 52.8 Å². The molecule has 0 unspecified atom stereocenters. The molecule has 0 atom stereocenters. The Morgan fingerprint density at radius 2 is 1.87 bits per heavy atom. The molecule has 1 heterocycles. The first-order valence-electron chi connectivity index (χ1n) is 8.03. The minimum atomic E-state index is -0.00138. The number of aromatic nitrogens is 1. The standard InChI is InChI=1S/C19H26N2O2/c1-13(2)21-14(3)12-18(15(21)4)19(22)20-11-10-16-6-8-17(23-5)9-7-16/h6-9,12-13H,10-11H2,1-5H3,(H,20,22). The molecule has 0 saturated heterocycles. The molecule has 1 N–H and O–H groups in total. The first-order valence-corrected chi connectivity index (χ1v) is 8.03. The number of hydrogen-bond acceptors (Lipinski definition) is 2. The van der Waals surface area contributed by atoms with Gasteiger partial charge >= 0.3 is 0 Å². The molecular formula is C19H26N2O2. The summed E-state index contributed by atoms with van der Waals surface area (Å²) in [5.41, 5.74) is 4.10. The second-order valence-corrected chi connectivity index (χ2v) is 6.10. The van der Waals surface area contributed by atoms with Crippen molar-refractivity contribution in [1.82, 2.24) is 9.88 Å². The maximum atomic E-state index is 12.4. The largest absolute Gasteiger partial charge is 0.497 e. The zero-order valence-electron chi connectivity index (χ0n) is 14.6. The van der Waals surface area contributed by atoms with Crippen molar-refractivity contribution < 1.29 is 9.53 Å². The van der Waals surface area contributed by atoms with Crippen LogP contribution in [0.2, 0.25) is 0 Å². The van der Waals surface area contributed by atoms with Gasteiger partial charge in [0, 0.05) is 24.0 Å². The number of methoxy groups -OCH3 is 1. The third kappa shape index (κ3) is 3.95. The molecule has 0 aliphatic carbocycles. The molecule has 1 aromatic carbocycles. The molecule has 2 aromatic rings. The van der Waals surface area contributed by atoms with Crippen LogP contribution in [0.15, 0.2) is 30.3 Å². The van der Waals surface area contributed by atoms with Gasteiger partial charge in [-0.3, -0.25) is 4.79 Å². The second-order valence-electron chi connectivity index (χ2n) is 6.10. The molecule has 124 valence electrons. The highest BCUT2D eigenvalue weighted by Crippen LogP contribution is 2.20. The van der Waals surface area contributed by atoms with E-state index in [1.54, 1.807) is 7.11 Å². The molecule has 4 nitrogen and oxygen atoms in total. The normalized spacial score (nSPS) is 10.9. The number of hydrogen-bond donors (Lipinski definition) is 1. The summed E-state index contributed by atoms with van der Waals surface area (Å²) >= 11 is 0. The maximum Gasteiger partial charge on any atom is 0.253 e. The first-order chi connectivity index (χ1) is 10.9. The highest BCUT2D eigenvalue weighted by molar-refractivity contribution is 5.95. The summed E-state index contributed by atoms with van der Waals surface area (Å²) in [5.74, 6) is 0.845. The SMILES string of the molecule is COc1ccc(CCNC(=O)c2cc(C)n(C(C)C)c2C)cc1. The van der Waals surface area contributed by atoms with Crippen molar-refractivity contribution in [1.29, 1.82) is 0 Å². The van der Waals surface area contributed by atoms with Crippen LogP contribution in [-0.4, -0.2) is 24.1 Å². The lowest BCUT2D eigenvalue weighted by Crippen LogP contribution is -2.26. The molecule has 0 saturated carbocycles. The van der Waals surface area contributed by atoms with Gasteiger partial charge in [0.2, 0.25) is 0 Å². The van der Waals surface area contributed by atoms with Gasteiger partial charge in [0.1, 0.15) is 5.75 Å². The summed E-state index contributed by atoms with van der Waals surface area (Å²) in [6.07, 6.45) is 0.804. The van der Waals surface area contributed by atoms with Crippen molar-refractivity contribution in [3.63, 3.8) is 0 Å². The molecule has 0 aliphatic heterocycles. The van der Waals surface area contributed by atoms with Gasteiger partial charge in [-0.05, 0) is 57.9 Å². The minimum Gasteiger partial charge on any atom is -0.497 e. The van der Waals surface area contributed by atoms with Crippen LogP contribution in [0.4, 0.5) is 0 Å². The molecule has 0 spiro atoms. The van der Waals surface area contributed by atoms with Gasteiger partial charge < -0.3 is 14.6 Å². The molecule has 1 amide bonds. The van der Waals surface area contributed by atoms with Crippen LogP contribution in [0.1, 0.15) is 47.2 Å². The Kier molecular flexibility index (Phi) is 5.48. The Morgan fingerprint density at radius 1 is 1.22 bits per heavy atom. The van der Waals surface area contributed by atoms with Gasteiger partial charge in [-0.25, -0.2) is 0 Å². The van der Waals surface area contributed by atoms with Crippen LogP contribution >= 0.6 is 0 Å². The Hall–Kier alpha value is -2.23. The number of nitrogens with one attached hydrogen (secondary N) is 1. The lowest BCUT2D eigenvalue weighted by Gasteiger charge is -2.13. The van der Waals surface area contributed by atoms with Crippen molar-refractivity contribution in [2.24, 2.45) is 0 Å². The van der Waals surface area contributed by atoms with Gasteiger partial charge in [-0.2, -0.15) is 0 Å². The second kappa shape index (κ2) is 7.36. The van der Waals surface area contributed by atoms with Crippen LogP contribution in [0.5, 0.6) is 5.75 Å². The number of nitrogens with zero attached hydrogens (tertiary/aromatic N) is 1. The van der Waals surface area contributed by atoms with Crippen molar-refractivity contribution in [3.8, 4) is 5.75 Å². The first kappa shape index (κ1) is 17.1. The van der Waals surface area contributed by atoms with Crippen LogP contribution in [0, 0.1) is 13.8 Å². The molecule has 23 heavy (non-hydrogen) atoms. The van der Waals surface area contributed by atoms with Crippen LogP contribution in [-0.2, 0) is 6.42 Å². The number of carbonyl (C=O) groups excluding carboxylic acids is 1. The summed E-state index contributed by atoms with van der Waals surface area (Å²) in [6.45, 7) is 8.93. The van der Waals surface area contributed by atoms with Crippen molar-refractivity contribution in [2.75, 3.05) is 13.7 Å². The summed E-state index contributed by atoms with van der Waals surface area (Å²) in [6, 6.07) is 10.3. The molecule has 0 aliphatic rings. The van der Waals surface area contributed by atoms with E-state index in [1.165, 1.54) is 5.56 Å². The Balaban J connectivity index is 1.96. The van der Waals surface area contributed by atoms with E-state index in [0.29, 0.717) is 12.6 Å². The van der Waals surface area contributed by atoms with E-state index in [1.807, 2.05) is 44.2 Å². The summed E-state index contributed by atoms with van der Waals surface area (Å²) < 4.78 is 7.34. The number of carbonyl (C=O) groups is 1. The van der Waals surface area contributed by atoms with Crippen molar-refractivity contribution >= 4 is 5.91 Å². The number of ether oxygens (including phenoxy) is 1. The number of aryl methyl sites for hydroxylation is 1. The van der Waals surface area contributed by atoms with E-state index >= 15 is 0 Å². The zero-order valence-corrected chi connectivity index (χ0v) is 14.6. The molecule has 0 bridgehead atoms. The monoisotopic (exact) mass is 314 g/mol. The quantitative estimate of drug-likeness (QED) is 0.884. The third-order valence-electron chi connectivity index (χ3n) is 4.10. The van der Waals surface area contributed by atoms with E-state index < -0.39 is 0 Å². The van der Waals surface area contributed by atoms with Crippen LogP contribution in [0.3, 0.4) is 0 Å². The summed E-state index contributed by atoms with van der Waals surface area (Å²) in [4.78, 5) is 12.4. The average Bonchev–Trinajstić information content (AvgIpc) is 2.82. The minimum absolute atomic E-state index is 0.00138. The Morgan fingerprint density at radius 3 is 2.39 bits per heavy atom. The van der Waals surface area contributed by atoms with E-state index in [9.17, 15) is 4.79 Å². The van der Waals surface area contributed by atoms with E-state index in [-0.39, 0.29) is 5.91 Å². The van der Waals surface area contributed by atoms with Gasteiger partial charge in [0.25, 0.3) is 5.91 Å². The molecular weight excluding hydrogens is 288 g/mol. The average molecular weight is 314 g/mol. The van der Waals surface area contributed by atoms with E-state index in [4.69, 9.17) is 4.74 Å². The van der Waals surface area contributed by atoms with Crippen LogP contribution in [0.25, 0.3) is 0 Å². The predicted octanol–water partition coefficient (Wildman–Crippen LogP) is 3.67. The van der Waals surface area contributed by atoms with E-state index in [2.05, 4.69) is 23.7 Å². The predicted molar refractivity (Wildman–Crippen MR) is 93.3 cm³/mol. The number of rotatable bonds is 6. The molecule has 0 radical (unpaired) electrons. The lowest BCUT2D eigenvalue weighted by atomic mass is 10.1. The summed E-state index contributed by atoms with van der Waals surface area (Å²) in [5, 5.41) is 3.01. The van der Waals surface area contributed by atoms with E-state index in [0.717, 1.165) is 29.1 Å². The fourth-order valence-corrected chi connectivity index (χ4v) is 3.01. The van der Waals surface area contributed by atoms with Gasteiger partial charge in [0.05, 0.1) is 12.7 Å². The molecule has 2 rings (SSSR count). The highest BCUT2D eigenvalue weighted by Gasteiger charge is 2.16. The van der Waals surface area contributed by atoms with Crippen LogP contribution < -0.4 is 10.1 Å². The number of amides is 1. The van der Waals surface area contributed by atoms with Gasteiger partial charge in [-0.15, -0.1) is 0 Å². The fourth-order valence-electron chi connectivity index (χ4n) is 3.01. The molecule has 1 aromatic heterocycles. The Bertz CT molecular complexity index is 669. The maximum absolute atomic E-state index is 12.4. The van der Waals surface area contributed by atoms with Gasteiger partial charge in [-0.1, -0.05) is 12.1 Å². The summed E-state index contributed by atoms with van der Waals surface area (Å²) in [7, 11) is 1.66. The number of benzene rings is 1. The molecule has 4 heteroatoms. The Labute approximate surface area is 138 Å². The fraction of sp³-hybridized carbons (Fsp3) is 0.421. The third-order valence-corrected chi connectivity index (χ3v) is 4.10. The smallest absolute Gasteiger partial charge is 0.253 e. The highest BCUT2D eigenvalue weighted by atomic mass is 16.5. The van der Waals surface area contributed by atoms with Gasteiger partial charge in [0.15, 0.2) is 0 Å². The molecule has 0 fully saturated rings. The lowest BCUT2D eigenvalue weighted by molar-refractivity contribution is 0.0953. The zero-order chi connectivity index (χ0) is 17.0. The topological polar surface area (TPSA) is 43.3 Å².